The zero-order valence-corrected chi connectivity index (χ0v) is 6.21. The van der Waals surface area contributed by atoms with Crippen LogP contribution in [-0.4, -0.2) is 42.8 Å². The second-order valence-corrected chi connectivity index (χ2v) is 1.85. The van der Waals surface area contributed by atoms with Crippen LogP contribution in [0.1, 0.15) is 6.92 Å². The normalized spacial score (nSPS) is 13.5. The standard InChI is InChI=1S/C6H15NO3/c1-2-10-4-3-7-6(9)5-8/h6-9H,2-5H2,1H3. The molecule has 0 aromatic carbocycles. The quantitative estimate of drug-likeness (QED) is 0.332. The van der Waals surface area contributed by atoms with E-state index in [0.29, 0.717) is 19.8 Å². The number of hydrogen-bond donors (Lipinski definition) is 3. The molecule has 0 radical (unpaired) electrons. The van der Waals surface area contributed by atoms with Gasteiger partial charge in [0.05, 0.1) is 13.2 Å². The first-order valence-electron chi connectivity index (χ1n) is 3.41. The first-order chi connectivity index (χ1) is 4.81. The van der Waals surface area contributed by atoms with Crippen molar-refractivity contribution < 1.29 is 14.9 Å². The molecule has 62 valence electrons. The fourth-order valence-electron chi connectivity index (χ4n) is 0.507. The van der Waals surface area contributed by atoms with Gasteiger partial charge in [0, 0.05) is 13.2 Å². The first-order valence-corrected chi connectivity index (χ1v) is 3.41. The van der Waals surface area contributed by atoms with E-state index in [4.69, 9.17) is 14.9 Å². The Morgan fingerprint density at radius 2 is 2.30 bits per heavy atom. The lowest BCUT2D eigenvalue weighted by molar-refractivity contribution is 0.0570. The van der Waals surface area contributed by atoms with Crippen LogP contribution in [0.15, 0.2) is 0 Å². The predicted octanol–water partition coefficient (Wildman–Crippen LogP) is -1.08. The highest BCUT2D eigenvalue weighted by Crippen LogP contribution is 1.74. The van der Waals surface area contributed by atoms with Crippen molar-refractivity contribution in [1.82, 2.24) is 5.32 Å². The van der Waals surface area contributed by atoms with Gasteiger partial charge < -0.3 is 14.9 Å². The van der Waals surface area contributed by atoms with Gasteiger partial charge in [0.2, 0.25) is 0 Å². The van der Waals surface area contributed by atoms with Crippen LogP contribution < -0.4 is 5.32 Å². The molecule has 0 bridgehead atoms. The lowest BCUT2D eigenvalue weighted by atomic mass is 10.5. The predicted molar refractivity (Wildman–Crippen MR) is 37.6 cm³/mol. The molecule has 4 heteroatoms. The zero-order valence-electron chi connectivity index (χ0n) is 6.21. The fourth-order valence-corrected chi connectivity index (χ4v) is 0.507. The Morgan fingerprint density at radius 1 is 1.60 bits per heavy atom. The SMILES string of the molecule is CCOCCNC(O)CO. The minimum absolute atomic E-state index is 0.258. The van der Waals surface area contributed by atoms with Gasteiger partial charge in [0.25, 0.3) is 0 Å². The number of nitrogens with one attached hydrogen (secondary N) is 1. The monoisotopic (exact) mass is 149 g/mol. The molecule has 0 spiro atoms. The van der Waals surface area contributed by atoms with Crippen molar-refractivity contribution in [3.63, 3.8) is 0 Å². The van der Waals surface area contributed by atoms with E-state index in [9.17, 15) is 0 Å². The van der Waals surface area contributed by atoms with E-state index in [1.165, 1.54) is 0 Å². The second-order valence-electron chi connectivity index (χ2n) is 1.85. The minimum Gasteiger partial charge on any atom is -0.392 e. The first kappa shape index (κ1) is 9.84. The van der Waals surface area contributed by atoms with E-state index in [1.807, 2.05) is 6.92 Å². The summed E-state index contributed by atoms with van der Waals surface area (Å²) in [4.78, 5) is 0. The van der Waals surface area contributed by atoms with E-state index in [1.54, 1.807) is 0 Å². The molecule has 1 unspecified atom stereocenters. The van der Waals surface area contributed by atoms with E-state index in [-0.39, 0.29) is 6.61 Å². The molecular weight excluding hydrogens is 134 g/mol. The summed E-state index contributed by atoms with van der Waals surface area (Å²) in [6.07, 6.45) is -0.819. The summed E-state index contributed by atoms with van der Waals surface area (Å²) in [6.45, 7) is 3.45. The Kier molecular flexibility index (Phi) is 6.84. The van der Waals surface area contributed by atoms with Gasteiger partial charge in [0.15, 0.2) is 0 Å². The Labute approximate surface area is 60.8 Å². The van der Waals surface area contributed by atoms with E-state index in [0.717, 1.165) is 0 Å². The summed E-state index contributed by atoms with van der Waals surface area (Å²) in [5.41, 5.74) is 0. The van der Waals surface area contributed by atoms with Crippen LogP contribution in [0.25, 0.3) is 0 Å². The molecule has 0 rings (SSSR count). The Balaban J connectivity index is 2.89. The number of ether oxygens (including phenoxy) is 1. The van der Waals surface area contributed by atoms with Crippen molar-refractivity contribution in [2.24, 2.45) is 0 Å². The van der Waals surface area contributed by atoms with Crippen molar-refractivity contribution in [2.45, 2.75) is 13.2 Å². The lowest BCUT2D eigenvalue weighted by Gasteiger charge is -2.08. The van der Waals surface area contributed by atoms with Gasteiger partial charge in [-0.15, -0.1) is 0 Å². The Morgan fingerprint density at radius 3 is 2.80 bits per heavy atom. The van der Waals surface area contributed by atoms with Crippen LogP contribution >= 0.6 is 0 Å². The summed E-state index contributed by atoms with van der Waals surface area (Å²) in [5.74, 6) is 0. The van der Waals surface area contributed by atoms with E-state index < -0.39 is 6.23 Å². The molecule has 10 heavy (non-hydrogen) atoms. The lowest BCUT2D eigenvalue weighted by Crippen LogP contribution is -2.34. The summed E-state index contributed by atoms with van der Waals surface area (Å²) >= 11 is 0. The molecule has 0 aliphatic carbocycles. The van der Waals surface area contributed by atoms with E-state index >= 15 is 0 Å². The van der Waals surface area contributed by atoms with Gasteiger partial charge in [-0.3, -0.25) is 5.32 Å². The van der Waals surface area contributed by atoms with Gasteiger partial charge in [-0.1, -0.05) is 0 Å². The van der Waals surface area contributed by atoms with Crippen molar-refractivity contribution in [2.75, 3.05) is 26.4 Å². The molecule has 0 heterocycles. The third-order valence-electron chi connectivity index (χ3n) is 1.00. The van der Waals surface area contributed by atoms with Crippen molar-refractivity contribution in [1.29, 1.82) is 0 Å². The highest BCUT2D eigenvalue weighted by Gasteiger charge is 1.97. The average Bonchev–Trinajstić information content (AvgIpc) is 1.98. The van der Waals surface area contributed by atoms with Crippen LogP contribution in [0.4, 0.5) is 0 Å². The summed E-state index contributed by atoms with van der Waals surface area (Å²) in [6, 6.07) is 0. The van der Waals surface area contributed by atoms with Gasteiger partial charge in [-0.25, -0.2) is 0 Å². The largest absolute Gasteiger partial charge is 0.392 e. The van der Waals surface area contributed by atoms with Crippen molar-refractivity contribution in [3.05, 3.63) is 0 Å². The van der Waals surface area contributed by atoms with Gasteiger partial charge in [0.1, 0.15) is 6.23 Å². The smallest absolute Gasteiger partial charge is 0.128 e. The van der Waals surface area contributed by atoms with Crippen LogP contribution in [0, 0.1) is 0 Å². The van der Waals surface area contributed by atoms with Crippen molar-refractivity contribution in [3.8, 4) is 0 Å². The van der Waals surface area contributed by atoms with Crippen LogP contribution in [0.3, 0.4) is 0 Å². The number of aliphatic hydroxyl groups is 2. The third kappa shape index (κ3) is 5.97. The van der Waals surface area contributed by atoms with E-state index in [2.05, 4.69) is 5.32 Å². The molecule has 0 aliphatic heterocycles. The molecule has 0 saturated heterocycles. The number of aliphatic hydroxyl groups excluding tert-OH is 2. The maximum atomic E-state index is 8.74. The maximum Gasteiger partial charge on any atom is 0.128 e. The number of rotatable bonds is 6. The van der Waals surface area contributed by atoms with Crippen LogP contribution in [0.2, 0.25) is 0 Å². The van der Waals surface area contributed by atoms with Gasteiger partial charge >= 0.3 is 0 Å². The number of hydrogen-bond acceptors (Lipinski definition) is 4. The molecule has 4 nitrogen and oxygen atoms in total. The molecule has 0 aromatic rings. The Bertz CT molecular complexity index is 70.0. The third-order valence-corrected chi connectivity index (χ3v) is 1.00. The highest BCUT2D eigenvalue weighted by atomic mass is 16.5. The molecule has 0 saturated carbocycles. The maximum absolute atomic E-state index is 8.74. The zero-order chi connectivity index (χ0) is 7.82. The minimum atomic E-state index is -0.819. The van der Waals surface area contributed by atoms with Gasteiger partial charge in [-0.05, 0) is 6.92 Å². The summed E-state index contributed by atoms with van der Waals surface area (Å²) < 4.78 is 4.97. The summed E-state index contributed by atoms with van der Waals surface area (Å²) in [7, 11) is 0. The van der Waals surface area contributed by atoms with Crippen LogP contribution in [-0.2, 0) is 4.74 Å². The highest BCUT2D eigenvalue weighted by molar-refractivity contribution is 4.48. The molecule has 1 atom stereocenters. The second kappa shape index (κ2) is 6.95. The van der Waals surface area contributed by atoms with Crippen LogP contribution in [0.5, 0.6) is 0 Å². The molecule has 0 fully saturated rings. The van der Waals surface area contributed by atoms with Gasteiger partial charge in [-0.2, -0.15) is 0 Å². The molecule has 0 amide bonds. The fraction of sp³-hybridized carbons (Fsp3) is 1.00. The average molecular weight is 149 g/mol. The summed E-state index contributed by atoms with van der Waals surface area (Å²) in [5, 5.41) is 19.7. The molecule has 0 aliphatic rings. The topological polar surface area (TPSA) is 61.7 Å². The molecule has 3 N–H and O–H groups in total. The molecular formula is C6H15NO3. The van der Waals surface area contributed by atoms with Crippen molar-refractivity contribution >= 4 is 0 Å². The molecule has 0 aromatic heterocycles. The Hall–Kier alpha value is -0.160.